The molecule has 4 atom stereocenters. The average molecular weight is 519 g/mol. The summed E-state index contributed by atoms with van der Waals surface area (Å²) < 4.78 is 45.6. The van der Waals surface area contributed by atoms with Crippen LogP contribution in [0.3, 0.4) is 0 Å². The van der Waals surface area contributed by atoms with Crippen molar-refractivity contribution >= 4 is 11.9 Å². The lowest BCUT2D eigenvalue weighted by atomic mass is 9.89. The Kier molecular flexibility index (Phi) is 10.4. The van der Waals surface area contributed by atoms with E-state index in [0.29, 0.717) is 24.0 Å². The van der Waals surface area contributed by atoms with Gasteiger partial charge < -0.3 is 14.2 Å². The second-order valence-electron chi connectivity index (χ2n) is 11.2. The molecule has 2 aromatic rings. The molecule has 0 saturated heterocycles. The molecule has 7 heteroatoms. The van der Waals surface area contributed by atoms with Crippen LogP contribution in [0.5, 0.6) is 0 Å². The fraction of sp³-hybridized carbons (Fsp3) is 0.533. The van der Waals surface area contributed by atoms with Crippen molar-refractivity contribution in [3.63, 3.8) is 0 Å². The molecule has 0 heterocycles. The van der Waals surface area contributed by atoms with Crippen LogP contribution >= 0.6 is 0 Å². The molecular weight excluding hydrogens is 478 g/mol. The van der Waals surface area contributed by atoms with Crippen molar-refractivity contribution < 1.29 is 32.6 Å². The SMILES string of the molecule is CC[C@H](C(=O)OC(C)(C)C)C(OC(c1ccc(F)cc1)[C@H](CC)C(=O)OC(C)(C)C)c1ccc(F)cc1. The lowest BCUT2D eigenvalue weighted by Crippen LogP contribution is -2.36. The molecule has 0 bridgehead atoms. The second-order valence-corrected chi connectivity index (χ2v) is 11.2. The number of carbonyl (C=O) groups excluding carboxylic acids is 2. The van der Waals surface area contributed by atoms with Crippen LogP contribution in [0.1, 0.15) is 91.6 Å². The third-order valence-corrected chi connectivity index (χ3v) is 5.72. The zero-order valence-electron chi connectivity index (χ0n) is 23.1. The lowest BCUT2D eigenvalue weighted by Gasteiger charge is -2.35. The molecule has 0 aromatic heterocycles. The van der Waals surface area contributed by atoms with E-state index in [1.807, 2.05) is 13.8 Å². The van der Waals surface area contributed by atoms with Crippen LogP contribution < -0.4 is 0 Å². The first-order chi connectivity index (χ1) is 17.1. The summed E-state index contributed by atoms with van der Waals surface area (Å²) in [5.74, 6) is -3.28. The number of hydrogen-bond acceptors (Lipinski definition) is 5. The summed E-state index contributed by atoms with van der Waals surface area (Å²) in [4.78, 5) is 26.6. The van der Waals surface area contributed by atoms with Gasteiger partial charge in [-0.3, -0.25) is 9.59 Å². The van der Waals surface area contributed by atoms with E-state index in [1.165, 1.54) is 24.3 Å². The largest absolute Gasteiger partial charge is 0.460 e. The van der Waals surface area contributed by atoms with Gasteiger partial charge in [0, 0.05) is 0 Å². The summed E-state index contributed by atoms with van der Waals surface area (Å²) in [6.07, 6.45) is -0.994. The highest BCUT2D eigenvalue weighted by Crippen LogP contribution is 2.40. The minimum atomic E-state index is -0.869. The summed E-state index contributed by atoms with van der Waals surface area (Å²) in [6, 6.07) is 11.4. The molecule has 0 N–H and O–H groups in total. The van der Waals surface area contributed by atoms with Crippen LogP contribution in [0.2, 0.25) is 0 Å². The maximum atomic E-state index is 13.8. The first-order valence-electron chi connectivity index (χ1n) is 12.8. The lowest BCUT2D eigenvalue weighted by molar-refractivity contribution is -0.176. The number of ether oxygens (including phenoxy) is 3. The monoisotopic (exact) mass is 518 g/mol. The van der Waals surface area contributed by atoms with E-state index < -0.39 is 58.8 Å². The maximum absolute atomic E-state index is 13.8. The second kappa shape index (κ2) is 12.6. The van der Waals surface area contributed by atoms with Crippen molar-refractivity contribution in [1.82, 2.24) is 0 Å². The van der Waals surface area contributed by atoms with Gasteiger partial charge in [-0.1, -0.05) is 38.1 Å². The highest BCUT2D eigenvalue weighted by Gasteiger charge is 2.39. The molecule has 2 unspecified atom stereocenters. The Labute approximate surface area is 219 Å². The van der Waals surface area contributed by atoms with Gasteiger partial charge in [-0.15, -0.1) is 0 Å². The molecule has 0 spiro atoms. The van der Waals surface area contributed by atoms with Crippen LogP contribution in [0.25, 0.3) is 0 Å². The highest BCUT2D eigenvalue weighted by molar-refractivity contribution is 5.75. The van der Waals surface area contributed by atoms with E-state index in [9.17, 15) is 18.4 Å². The quantitative estimate of drug-likeness (QED) is 0.305. The summed E-state index contributed by atoms with van der Waals surface area (Å²) in [5.41, 5.74) is -0.330. The Morgan fingerprint density at radius 2 is 0.946 bits per heavy atom. The van der Waals surface area contributed by atoms with E-state index in [-0.39, 0.29) is 0 Å². The van der Waals surface area contributed by atoms with Gasteiger partial charge in [0.1, 0.15) is 22.8 Å². The van der Waals surface area contributed by atoms with E-state index in [0.717, 1.165) is 0 Å². The van der Waals surface area contributed by atoms with Crippen LogP contribution in [-0.4, -0.2) is 23.1 Å². The molecule has 0 radical (unpaired) electrons. The van der Waals surface area contributed by atoms with E-state index in [2.05, 4.69) is 0 Å². The third kappa shape index (κ3) is 9.22. The van der Waals surface area contributed by atoms with E-state index in [4.69, 9.17) is 14.2 Å². The molecule has 0 saturated carbocycles. The van der Waals surface area contributed by atoms with E-state index in [1.54, 1.807) is 65.8 Å². The molecule has 37 heavy (non-hydrogen) atoms. The maximum Gasteiger partial charge on any atom is 0.312 e. The summed E-state index contributed by atoms with van der Waals surface area (Å²) in [6.45, 7) is 14.4. The third-order valence-electron chi connectivity index (χ3n) is 5.72. The van der Waals surface area contributed by atoms with Crippen LogP contribution in [-0.2, 0) is 23.8 Å². The smallest absolute Gasteiger partial charge is 0.312 e. The number of hydrogen-bond donors (Lipinski definition) is 0. The zero-order chi connectivity index (χ0) is 28.0. The standard InChI is InChI=1S/C30H40F2O5/c1-9-23(27(33)36-29(3,4)5)25(19-11-15-21(31)16-12-19)35-26(20-13-17-22(32)18-14-20)24(10-2)28(34)37-30(6,7)8/h11-18,23-26H,9-10H2,1-8H3/t23-,24-,25?,26?/m0/s1. The van der Waals surface area contributed by atoms with Crippen molar-refractivity contribution in [3.05, 3.63) is 71.3 Å². The van der Waals surface area contributed by atoms with Crippen molar-refractivity contribution in [2.24, 2.45) is 11.8 Å². The number of carbonyl (C=O) groups is 2. The van der Waals surface area contributed by atoms with Gasteiger partial charge >= 0.3 is 11.9 Å². The van der Waals surface area contributed by atoms with Gasteiger partial charge in [-0.05, 0) is 89.8 Å². The topological polar surface area (TPSA) is 61.8 Å². The van der Waals surface area contributed by atoms with Gasteiger partial charge in [0.25, 0.3) is 0 Å². The molecule has 2 rings (SSSR count). The Bertz CT molecular complexity index is 936. The predicted molar refractivity (Wildman–Crippen MR) is 139 cm³/mol. The van der Waals surface area contributed by atoms with Crippen molar-refractivity contribution in [1.29, 1.82) is 0 Å². The molecule has 204 valence electrons. The molecule has 2 aromatic carbocycles. The van der Waals surface area contributed by atoms with Crippen molar-refractivity contribution in [3.8, 4) is 0 Å². The number of esters is 2. The van der Waals surface area contributed by atoms with Gasteiger partial charge in [-0.25, -0.2) is 8.78 Å². The van der Waals surface area contributed by atoms with Gasteiger partial charge in [0.15, 0.2) is 0 Å². The minimum absolute atomic E-state index is 0.371. The molecule has 0 aliphatic rings. The van der Waals surface area contributed by atoms with E-state index >= 15 is 0 Å². The normalized spacial score (nSPS) is 15.4. The Morgan fingerprint density at radius 1 is 0.649 bits per heavy atom. The Morgan fingerprint density at radius 3 is 1.19 bits per heavy atom. The first-order valence-corrected chi connectivity index (χ1v) is 12.8. The first kappa shape index (κ1) is 30.4. The predicted octanol–water partition coefficient (Wildman–Crippen LogP) is 7.50. The Balaban J connectivity index is 2.61. The summed E-state index contributed by atoms with van der Waals surface area (Å²) in [5, 5.41) is 0. The van der Waals surface area contributed by atoms with Crippen LogP contribution in [0.4, 0.5) is 8.78 Å². The van der Waals surface area contributed by atoms with Crippen LogP contribution in [0, 0.1) is 23.5 Å². The average Bonchev–Trinajstić information content (AvgIpc) is 2.77. The highest BCUT2D eigenvalue weighted by atomic mass is 19.1. The number of benzene rings is 2. The number of rotatable bonds is 10. The summed E-state index contributed by atoms with van der Waals surface area (Å²) in [7, 11) is 0. The molecule has 0 fully saturated rings. The molecule has 5 nitrogen and oxygen atoms in total. The summed E-state index contributed by atoms with van der Waals surface area (Å²) >= 11 is 0. The van der Waals surface area contributed by atoms with Crippen molar-refractivity contribution in [2.75, 3.05) is 0 Å². The Hall–Kier alpha value is -2.80. The number of halogens is 2. The van der Waals surface area contributed by atoms with Crippen LogP contribution in [0.15, 0.2) is 48.5 Å². The van der Waals surface area contributed by atoms with Crippen molar-refractivity contribution in [2.45, 2.75) is 91.6 Å². The zero-order valence-corrected chi connectivity index (χ0v) is 23.1. The fourth-order valence-corrected chi connectivity index (χ4v) is 4.04. The molecule has 0 aliphatic carbocycles. The van der Waals surface area contributed by atoms with Gasteiger partial charge in [0.05, 0.1) is 24.0 Å². The molecule has 0 amide bonds. The van der Waals surface area contributed by atoms with Gasteiger partial charge in [-0.2, -0.15) is 0 Å². The molecule has 0 aliphatic heterocycles. The fourth-order valence-electron chi connectivity index (χ4n) is 4.04. The molecular formula is C30H40F2O5. The van der Waals surface area contributed by atoms with Gasteiger partial charge in [0.2, 0.25) is 0 Å². The minimum Gasteiger partial charge on any atom is -0.460 e.